The Kier molecular flexibility index (Phi) is 6.43. The van der Waals surface area contributed by atoms with Crippen LogP contribution in [0.4, 0.5) is 5.69 Å². The molecule has 1 aliphatic rings. The molecule has 2 aromatic carbocycles. The van der Waals surface area contributed by atoms with Gasteiger partial charge in [0.25, 0.3) is 0 Å². The minimum absolute atomic E-state index is 0.0877. The zero-order chi connectivity index (χ0) is 20.3. The summed E-state index contributed by atoms with van der Waals surface area (Å²) in [5.41, 5.74) is 3.59. The van der Waals surface area contributed by atoms with Gasteiger partial charge in [-0.2, -0.15) is 0 Å². The number of rotatable bonds is 5. The van der Waals surface area contributed by atoms with Gasteiger partial charge >= 0.3 is 0 Å². The van der Waals surface area contributed by atoms with Crippen molar-refractivity contribution in [3.8, 4) is 0 Å². The molecule has 1 N–H and O–H groups in total. The average Bonchev–Trinajstić information content (AvgIpc) is 2.66. The maximum absolute atomic E-state index is 12.8. The van der Waals surface area contributed by atoms with E-state index in [2.05, 4.69) is 5.32 Å². The minimum Gasteiger partial charge on any atom is -0.326 e. The minimum atomic E-state index is -3.49. The number of hydrogen-bond acceptors (Lipinski definition) is 3. The van der Waals surface area contributed by atoms with Gasteiger partial charge in [0, 0.05) is 23.8 Å². The summed E-state index contributed by atoms with van der Waals surface area (Å²) < 4.78 is 27.1. The third kappa shape index (κ3) is 5.13. The van der Waals surface area contributed by atoms with Crippen molar-refractivity contribution in [1.82, 2.24) is 4.31 Å². The first-order valence-corrected chi connectivity index (χ1v) is 11.3. The summed E-state index contributed by atoms with van der Waals surface area (Å²) in [4.78, 5) is 12.7. The van der Waals surface area contributed by atoms with Gasteiger partial charge in [-0.1, -0.05) is 41.4 Å². The maximum Gasteiger partial charge on any atom is 0.228 e. The molecule has 1 fully saturated rings. The van der Waals surface area contributed by atoms with Crippen LogP contribution >= 0.6 is 11.6 Å². The zero-order valence-corrected chi connectivity index (χ0v) is 17.7. The first-order chi connectivity index (χ1) is 13.2. The number of carbonyl (C=O) groups is 1. The molecule has 7 heteroatoms. The quantitative estimate of drug-likeness (QED) is 0.790. The van der Waals surface area contributed by atoms with Crippen LogP contribution in [0, 0.1) is 19.8 Å². The molecule has 0 saturated carbocycles. The zero-order valence-electron chi connectivity index (χ0n) is 16.1. The summed E-state index contributed by atoms with van der Waals surface area (Å²) in [6.07, 6.45) is 1.36. The van der Waals surface area contributed by atoms with Crippen LogP contribution in [0.3, 0.4) is 0 Å². The number of carbonyl (C=O) groups excluding carboxylic acids is 1. The summed E-state index contributed by atoms with van der Waals surface area (Å²) in [7, 11) is -3.49. The Balaban J connectivity index is 1.67. The van der Waals surface area contributed by atoms with Crippen molar-refractivity contribution in [1.29, 1.82) is 0 Å². The van der Waals surface area contributed by atoms with Gasteiger partial charge in [0.05, 0.1) is 11.7 Å². The molecular weight excluding hydrogens is 396 g/mol. The van der Waals surface area contributed by atoms with E-state index in [0.717, 1.165) is 16.8 Å². The Bertz CT molecular complexity index is 958. The van der Waals surface area contributed by atoms with Crippen molar-refractivity contribution < 1.29 is 13.2 Å². The van der Waals surface area contributed by atoms with Crippen LogP contribution in [0.25, 0.3) is 0 Å². The van der Waals surface area contributed by atoms with Gasteiger partial charge in [-0.3, -0.25) is 4.79 Å². The molecule has 0 radical (unpaired) electrons. The van der Waals surface area contributed by atoms with Crippen LogP contribution in [-0.4, -0.2) is 31.7 Å². The van der Waals surface area contributed by atoms with E-state index < -0.39 is 10.0 Å². The van der Waals surface area contributed by atoms with E-state index >= 15 is 0 Å². The number of halogens is 1. The predicted octanol–water partition coefficient (Wildman–Crippen LogP) is 4.14. The van der Waals surface area contributed by atoms with E-state index in [4.69, 9.17) is 11.6 Å². The molecule has 150 valence electrons. The molecule has 1 saturated heterocycles. The fraction of sp³-hybridized carbons (Fsp3) is 0.381. The Labute approximate surface area is 171 Å². The molecule has 28 heavy (non-hydrogen) atoms. The standard InChI is InChI=1S/C21H25ClN2O3S/c1-15-5-10-20(16(2)12-15)23-21(25)18-4-3-11-24(13-18)28(26,27)14-17-6-8-19(22)9-7-17/h5-10,12,18H,3-4,11,13-14H2,1-2H3,(H,23,25)/t18-/m0/s1. The van der Waals surface area contributed by atoms with Gasteiger partial charge in [0.15, 0.2) is 0 Å². The molecule has 0 unspecified atom stereocenters. The summed E-state index contributed by atoms with van der Waals surface area (Å²) >= 11 is 5.87. The molecule has 3 rings (SSSR count). The first-order valence-electron chi connectivity index (χ1n) is 9.35. The smallest absolute Gasteiger partial charge is 0.228 e. The fourth-order valence-electron chi connectivity index (χ4n) is 3.48. The third-order valence-electron chi connectivity index (χ3n) is 5.05. The Morgan fingerprint density at radius 2 is 1.89 bits per heavy atom. The van der Waals surface area contributed by atoms with Crippen molar-refractivity contribution in [2.24, 2.45) is 5.92 Å². The molecule has 0 aliphatic carbocycles. The largest absolute Gasteiger partial charge is 0.326 e. The second-order valence-electron chi connectivity index (χ2n) is 7.39. The number of benzene rings is 2. The lowest BCUT2D eigenvalue weighted by Crippen LogP contribution is -2.44. The number of anilines is 1. The van der Waals surface area contributed by atoms with Gasteiger partial charge < -0.3 is 5.32 Å². The lowest BCUT2D eigenvalue weighted by molar-refractivity contribution is -0.120. The van der Waals surface area contributed by atoms with E-state index in [9.17, 15) is 13.2 Å². The van der Waals surface area contributed by atoms with Crippen LogP contribution in [0.5, 0.6) is 0 Å². The van der Waals surface area contributed by atoms with Crippen LogP contribution in [0.15, 0.2) is 42.5 Å². The second kappa shape index (κ2) is 8.64. The van der Waals surface area contributed by atoms with Crippen LogP contribution in [-0.2, 0) is 20.6 Å². The summed E-state index contributed by atoms with van der Waals surface area (Å²) in [5, 5.41) is 3.53. The van der Waals surface area contributed by atoms with E-state index in [1.54, 1.807) is 24.3 Å². The molecule has 0 aromatic heterocycles. The molecule has 1 amide bonds. The number of piperidine rings is 1. The van der Waals surface area contributed by atoms with Crippen LogP contribution < -0.4 is 5.32 Å². The molecule has 5 nitrogen and oxygen atoms in total. The number of aryl methyl sites for hydroxylation is 2. The molecular formula is C21H25ClN2O3S. The van der Waals surface area contributed by atoms with Gasteiger partial charge in [-0.05, 0) is 56.0 Å². The normalized spacial score (nSPS) is 18.0. The Morgan fingerprint density at radius 3 is 2.57 bits per heavy atom. The number of hydrogen-bond donors (Lipinski definition) is 1. The Morgan fingerprint density at radius 1 is 1.18 bits per heavy atom. The highest BCUT2D eigenvalue weighted by Crippen LogP contribution is 2.24. The van der Waals surface area contributed by atoms with Crippen molar-refractivity contribution in [2.45, 2.75) is 32.4 Å². The van der Waals surface area contributed by atoms with Crippen LogP contribution in [0.1, 0.15) is 29.5 Å². The van der Waals surface area contributed by atoms with Crippen molar-refractivity contribution in [3.05, 3.63) is 64.2 Å². The average molecular weight is 421 g/mol. The topological polar surface area (TPSA) is 66.5 Å². The number of sulfonamides is 1. The van der Waals surface area contributed by atoms with E-state index in [1.807, 2.05) is 32.0 Å². The SMILES string of the molecule is Cc1ccc(NC(=O)[C@H]2CCCN(S(=O)(=O)Cc3ccc(Cl)cc3)C2)c(C)c1. The van der Waals surface area contributed by atoms with Crippen molar-refractivity contribution >= 4 is 33.2 Å². The Hall–Kier alpha value is -1.89. The monoisotopic (exact) mass is 420 g/mol. The van der Waals surface area contributed by atoms with E-state index in [1.165, 1.54) is 4.31 Å². The fourth-order valence-corrected chi connectivity index (χ4v) is 5.22. The summed E-state index contributed by atoms with van der Waals surface area (Å²) in [6.45, 7) is 4.62. The number of amides is 1. The summed E-state index contributed by atoms with van der Waals surface area (Å²) in [5.74, 6) is -0.567. The lowest BCUT2D eigenvalue weighted by Gasteiger charge is -2.31. The lowest BCUT2D eigenvalue weighted by atomic mass is 9.98. The van der Waals surface area contributed by atoms with Gasteiger partial charge in [0.1, 0.15) is 0 Å². The van der Waals surface area contributed by atoms with Gasteiger partial charge in [-0.25, -0.2) is 12.7 Å². The highest BCUT2D eigenvalue weighted by molar-refractivity contribution is 7.88. The van der Waals surface area contributed by atoms with E-state index in [-0.39, 0.29) is 24.1 Å². The van der Waals surface area contributed by atoms with E-state index in [0.29, 0.717) is 30.0 Å². The highest BCUT2D eigenvalue weighted by Gasteiger charge is 2.32. The van der Waals surface area contributed by atoms with Crippen LogP contribution in [0.2, 0.25) is 5.02 Å². The first kappa shape index (κ1) is 20.8. The highest BCUT2D eigenvalue weighted by atomic mass is 35.5. The third-order valence-corrected chi connectivity index (χ3v) is 7.12. The number of nitrogens with zero attached hydrogens (tertiary/aromatic N) is 1. The molecule has 0 spiro atoms. The van der Waals surface area contributed by atoms with Gasteiger partial charge in [0.2, 0.25) is 15.9 Å². The second-order valence-corrected chi connectivity index (χ2v) is 9.79. The summed E-state index contributed by atoms with van der Waals surface area (Å²) in [6, 6.07) is 12.7. The molecule has 2 aromatic rings. The maximum atomic E-state index is 12.8. The van der Waals surface area contributed by atoms with Gasteiger partial charge in [-0.15, -0.1) is 0 Å². The number of nitrogens with one attached hydrogen (secondary N) is 1. The molecule has 0 bridgehead atoms. The molecule has 1 atom stereocenters. The van der Waals surface area contributed by atoms with Crippen molar-refractivity contribution in [2.75, 3.05) is 18.4 Å². The predicted molar refractivity (Wildman–Crippen MR) is 113 cm³/mol. The molecule has 1 heterocycles. The van der Waals surface area contributed by atoms with Crippen molar-refractivity contribution in [3.63, 3.8) is 0 Å². The molecule has 1 aliphatic heterocycles.